The summed E-state index contributed by atoms with van der Waals surface area (Å²) in [5.41, 5.74) is 11.6. The quantitative estimate of drug-likeness (QED) is 0.163. The molecule has 4 nitrogen and oxygen atoms in total. The van der Waals surface area contributed by atoms with E-state index < -0.39 is 0 Å². The minimum atomic E-state index is 0. The maximum absolute atomic E-state index is 6.39. The van der Waals surface area contributed by atoms with E-state index in [9.17, 15) is 0 Å². The van der Waals surface area contributed by atoms with Crippen LogP contribution in [-0.4, -0.2) is 14.5 Å². The van der Waals surface area contributed by atoms with Crippen molar-refractivity contribution in [3.63, 3.8) is 0 Å². The fourth-order valence-corrected chi connectivity index (χ4v) is 6.30. The Labute approximate surface area is 286 Å². The summed E-state index contributed by atoms with van der Waals surface area (Å²) >= 11 is 0. The van der Waals surface area contributed by atoms with Gasteiger partial charge in [-0.25, -0.2) is 0 Å². The average molecular weight is 783 g/mol. The van der Waals surface area contributed by atoms with Gasteiger partial charge >= 0.3 is 21.1 Å². The number of para-hydroxylation sites is 2. The number of aromatic nitrogens is 3. The molecule has 0 saturated carbocycles. The fourth-order valence-electron chi connectivity index (χ4n) is 6.30. The van der Waals surface area contributed by atoms with E-state index in [0.717, 1.165) is 66.5 Å². The zero-order valence-electron chi connectivity index (χ0n) is 25.0. The van der Waals surface area contributed by atoms with E-state index in [4.69, 9.17) is 9.40 Å². The number of rotatable bonds is 5. The van der Waals surface area contributed by atoms with Crippen molar-refractivity contribution in [2.75, 3.05) is 0 Å². The van der Waals surface area contributed by atoms with Gasteiger partial charge in [0.15, 0.2) is 0 Å². The number of pyridine rings is 1. The van der Waals surface area contributed by atoms with Crippen LogP contribution in [0, 0.1) is 12.1 Å². The standard InChI is InChI=1S/C42H25N3O.Pt/c1-2-10-28(11-3-1)29-19-21-30(22-20-29)34-15-9-18-40-41(34)44-42(46-40)32-23-24-36-35-14-4-5-17-38(35)45(39(36)27-32)33-13-8-12-31(26-33)37-16-6-7-25-43-37;/h1-25H;/q-2;+2. The minimum Gasteiger partial charge on any atom is -0.481 e. The second-order valence-corrected chi connectivity index (χ2v) is 11.3. The third-order valence-corrected chi connectivity index (χ3v) is 8.50. The molecule has 0 spiro atoms. The van der Waals surface area contributed by atoms with Crippen molar-refractivity contribution in [1.82, 2.24) is 14.5 Å². The Kier molecular flexibility index (Phi) is 7.36. The number of fused-ring (bicyclic) bond motifs is 4. The van der Waals surface area contributed by atoms with Crippen LogP contribution in [0.15, 0.2) is 156 Å². The molecule has 9 aromatic rings. The Morgan fingerprint density at radius 3 is 2.17 bits per heavy atom. The molecule has 6 aromatic carbocycles. The average Bonchev–Trinajstić information content (AvgIpc) is 3.72. The summed E-state index contributed by atoms with van der Waals surface area (Å²) in [6, 6.07) is 57.1. The van der Waals surface area contributed by atoms with Gasteiger partial charge < -0.3 is 14.0 Å². The second kappa shape index (κ2) is 12.0. The third kappa shape index (κ3) is 5.08. The molecule has 0 saturated heterocycles. The van der Waals surface area contributed by atoms with Crippen LogP contribution in [0.4, 0.5) is 0 Å². The molecule has 0 fully saturated rings. The number of nitrogens with zero attached hydrogens (tertiary/aromatic N) is 3. The largest absolute Gasteiger partial charge is 2.00 e. The molecule has 0 aliphatic carbocycles. The Balaban J connectivity index is 0.00000324. The van der Waals surface area contributed by atoms with Gasteiger partial charge in [-0.2, -0.15) is 0 Å². The molecule has 47 heavy (non-hydrogen) atoms. The van der Waals surface area contributed by atoms with Gasteiger partial charge in [0.1, 0.15) is 17.0 Å². The van der Waals surface area contributed by atoms with Gasteiger partial charge in [0.25, 0.3) is 0 Å². The zero-order chi connectivity index (χ0) is 30.5. The van der Waals surface area contributed by atoms with Crippen LogP contribution in [0.2, 0.25) is 0 Å². The molecule has 0 bridgehead atoms. The molecule has 9 rings (SSSR count). The SMILES string of the molecule is [Pt+2].[c-]1c(-c2ccccn2)cccc1-n1c2[c-]c(-c3nc4c(-c5ccc(-c6ccccc6)cc5)cccc4o3)ccc2c2ccccc21. The van der Waals surface area contributed by atoms with Crippen molar-refractivity contribution in [2.24, 2.45) is 0 Å². The molecule has 224 valence electrons. The van der Waals surface area contributed by atoms with Crippen LogP contribution < -0.4 is 0 Å². The van der Waals surface area contributed by atoms with Crippen LogP contribution in [0.1, 0.15) is 0 Å². The Bertz CT molecular complexity index is 2520. The van der Waals surface area contributed by atoms with Gasteiger partial charge in [0.2, 0.25) is 0 Å². The first-order chi connectivity index (χ1) is 22.8. The van der Waals surface area contributed by atoms with Crippen LogP contribution >= 0.6 is 0 Å². The molecule has 3 heterocycles. The van der Waals surface area contributed by atoms with Gasteiger partial charge in [-0.15, -0.1) is 48.0 Å². The number of hydrogen-bond donors (Lipinski definition) is 0. The molecule has 3 aromatic heterocycles. The van der Waals surface area contributed by atoms with Gasteiger partial charge in [-0.1, -0.05) is 108 Å². The van der Waals surface area contributed by atoms with Crippen molar-refractivity contribution in [2.45, 2.75) is 0 Å². The Morgan fingerprint density at radius 2 is 1.32 bits per heavy atom. The van der Waals surface area contributed by atoms with E-state index in [1.54, 1.807) is 0 Å². The normalized spacial score (nSPS) is 11.2. The molecule has 0 atom stereocenters. The summed E-state index contributed by atoms with van der Waals surface area (Å²) in [5, 5.41) is 2.25. The maximum atomic E-state index is 6.39. The van der Waals surface area contributed by atoms with E-state index in [1.165, 1.54) is 11.1 Å². The molecule has 0 radical (unpaired) electrons. The Hall–Kier alpha value is -5.57. The summed E-state index contributed by atoms with van der Waals surface area (Å²) in [5.74, 6) is 0.535. The topological polar surface area (TPSA) is 43.9 Å². The van der Waals surface area contributed by atoms with Crippen molar-refractivity contribution in [1.29, 1.82) is 0 Å². The van der Waals surface area contributed by atoms with Crippen LogP contribution in [0.25, 0.3) is 83.6 Å². The fraction of sp³-hybridized carbons (Fsp3) is 0. The second-order valence-electron chi connectivity index (χ2n) is 11.3. The van der Waals surface area contributed by atoms with E-state index in [-0.39, 0.29) is 21.1 Å². The smallest absolute Gasteiger partial charge is 0.481 e. The molecular weight excluding hydrogens is 758 g/mol. The van der Waals surface area contributed by atoms with Crippen molar-refractivity contribution < 1.29 is 25.5 Å². The summed E-state index contributed by atoms with van der Waals surface area (Å²) in [6.07, 6.45) is 1.81. The first-order valence-corrected chi connectivity index (χ1v) is 15.3. The minimum absolute atomic E-state index is 0. The van der Waals surface area contributed by atoms with Gasteiger partial charge in [-0.3, -0.25) is 4.98 Å². The van der Waals surface area contributed by atoms with Crippen LogP contribution in [0.3, 0.4) is 0 Å². The summed E-state index contributed by atoms with van der Waals surface area (Å²) < 4.78 is 8.60. The first-order valence-electron chi connectivity index (χ1n) is 15.3. The van der Waals surface area contributed by atoms with Crippen molar-refractivity contribution >= 4 is 32.9 Å². The summed E-state index contributed by atoms with van der Waals surface area (Å²) in [7, 11) is 0. The first kappa shape index (κ1) is 28.9. The monoisotopic (exact) mass is 782 g/mol. The molecule has 0 aliphatic rings. The van der Waals surface area contributed by atoms with E-state index in [1.807, 2.05) is 54.7 Å². The molecule has 0 unspecified atom stereocenters. The number of hydrogen-bond acceptors (Lipinski definition) is 3. The van der Waals surface area contributed by atoms with Gasteiger partial charge in [0.05, 0.1) is 0 Å². The van der Waals surface area contributed by atoms with Crippen molar-refractivity contribution in [3.05, 3.63) is 164 Å². The van der Waals surface area contributed by atoms with E-state index in [0.29, 0.717) is 5.89 Å². The predicted molar refractivity (Wildman–Crippen MR) is 186 cm³/mol. The molecule has 0 amide bonds. The molecule has 0 aliphatic heterocycles. The van der Waals surface area contributed by atoms with E-state index >= 15 is 0 Å². The van der Waals surface area contributed by atoms with Crippen LogP contribution in [0.5, 0.6) is 0 Å². The molecule has 5 heteroatoms. The van der Waals surface area contributed by atoms with Crippen molar-refractivity contribution in [3.8, 4) is 50.7 Å². The molecular formula is C42H25N3OPt. The van der Waals surface area contributed by atoms with Gasteiger partial charge in [0, 0.05) is 17.3 Å². The summed E-state index contributed by atoms with van der Waals surface area (Å²) in [6.45, 7) is 0. The summed E-state index contributed by atoms with van der Waals surface area (Å²) in [4.78, 5) is 9.58. The molecule has 0 N–H and O–H groups in total. The Morgan fingerprint density at radius 1 is 0.553 bits per heavy atom. The zero-order valence-corrected chi connectivity index (χ0v) is 27.3. The van der Waals surface area contributed by atoms with E-state index in [2.05, 4.69) is 119 Å². The predicted octanol–water partition coefficient (Wildman–Crippen LogP) is 10.6. The number of oxazole rings is 1. The third-order valence-electron chi connectivity index (χ3n) is 8.50. The number of benzene rings is 6. The maximum Gasteiger partial charge on any atom is 2.00 e. The van der Waals surface area contributed by atoms with Gasteiger partial charge in [-0.05, 0) is 57.2 Å². The van der Waals surface area contributed by atoms with Crippen LogP contribution in [-0.2, 0) is 21.1 Å².